The van der Waals surface area contributed by atoms with Crippen molar-refractivity contribution in [3.05, 3.63) is 18.2 Å². The van der Waals surface area contributed by atoms with Crippen LogP contribution in [0.4, 0.5) is 5.69 Å². The summed E-state index contributed by atoms with van der Waals surface area (Å²) in [6, 6.07) is 6.29. The van der Waals surface area contributed by atoms with Crippen molar-refractivity contribution in [3.8, 4) is 11.5 Å². The molecule has 0 aromatic heterocycles. The number of methoxy groups -OCH3 is 2. The normalized spacial score (nSPS) is 20.9. The molecular weight excluding hydrogens is 266 g/mol. The number of rotatable bonds is 6. The molecule has 0 saturated heterocycles. The minimum Gasteiger partial charge on any atom is -0.493 e. The summed E-state index contributed by atoms with van der Waals surface area (Å²) >= 11 is 0. The van der Waals surface area contributed by atoms with Crippen molar-refractivity contribution in [2.75, 3.05) is 26.6 Å². The molecule has 1 saturated carbocycles. The Bertz CT molecular complexity index is 502. The van der Waals surface area contributed by atoms with Crippen molar-refractivity contribution in [1.82, 2.24) is 5.32 Å². The summed E-state index contributed by atoms with van der Waals surface area (Å²) in [7, 11) is 5.05. The number of nitrogens with one attached hydrogen (secondary N) is 2. The predicted molar refractivity (Wildman–Crippen MR) is 86.5 cm³/mol. The van der Waals surface area contributed by atoms with Crippen LogP contribution in [0.15, 0.2) is 23.2 Å². The summed E-state index contributed by atoms with van der Waals surface area (Å²) in [6.45, 7) is 2.23. The molecule has 1 fully saturated rings. The zero-order valence-corrected chi connectivity index (χ0v) is 13.3. The fraction of sp³-hybridized carbons (Fsp3) is 0.562. The lowest BCUT2D eigenvalue weighted by Crippen LogP contribution is -2.33. The maximum Gasteiger partial charge on any atom is 0.195 e. The second-order valence-corrected chi connectivity index (χ2v) is 5.30. The standard InChI is InChI=1S/C16H25N3O2/c1-5-6-11-9-13(11)19-16(17-2)18-12-7-8-14(20-3)15(10-12)21-4/h7-8,10-11,13H,5-6,9H2,1-4H3,(H2,17,18,19). The molecule has 0 spiro atoms. The van der Waals surface area contributed by atoms with Gasteiger partial charge in [0.25, 0.3) is 0 Å². The number of aliphatic imine (C=N–C) groups is 1. The highest BCUT2D eigenvalue weighted by Gasteiger charge is 2.36. The molecule has 2 N–H and O–H groups in total. The van der Waals surface area contributed by atoms with Gasteiger partial charge in [-0.15, -0.1) is 0 Å². The van der Waals surface area contributed by atoms with Gasteiger partial charge in [0.2, 0.25) is 0 Å². The van der Waals surface area contributed by atoms with Gasteiger partial charge in [0, 0.05) is 24.8 Å². The molecule has 1 aliphatic rings. The van der Waals surface area contributed by atoms with E-state index < -0.39 is 0 Å². The maximum absolute atomic E-state index is 5.31. The lowest BCUT2D eigenvalue weighted by atomic mass is 10.2. The molecule has 2 unspecified atom stereocenters. The van der Waals surface area contributed by atoms with E-state index in [-0.39, 0.29) is 0 Å². The summed E-state index contributed by atoms with van der Waals surface area (Å²) in [6.07, 6.45) is 3.76. The van der Waals surface area contributed by atoms with Gasteiger partial charge in [-0.1, -0.05) is 13.3 Å². The largest absolute Gasteiger partial charge is 0.493 e. The van der Waals surface area contributed by atoms with Gasteiger partial charge in [0.05, 0.1) is 14.2 Å². The van der Waals surface area contributed by atoms with Crippen LogP contribution in [0, 0.1) is 5.92 Å². The van der Waals surface area contributed by atoms with E-state index in [4.69, 9.17) is 9.47 Å². The van der Waals surface area contributed by atoms with E-state index in [0.717, 1.165) is 23.3 Å². The van der Waals surface area contributed by atoms with E-state index in [1.807, 2.05) is 18.2 Å². The van der Waals surface area contributed by atoms with Crippen molar-refractivity contribution < 1.29 is 9.47 Å². The molecule has 2 rings (SSSR count). The van der Waals surface area contributed by atoms with Gasteiger partial charge in [-0.25, -0.2) is 0 Å². The summed E-state index contributed by atoms with van der Waals surface area (Å²) < 4.78 is 10.5. The Labute approximate surface area is 126 Å². The van der Waals surface area contributed by atoms with Gasteiger partial charge >= 0.3 is 0 Å². The highest BCUT2D eigenvalue weighted by molar-refractivity contribution is 5.94. The third-order valence-electron chi connectivity index (χ3n) is 3.77. The molecule has 0 heterocycles. The quantitative estimate of drug-likeness (QED) is 0.625. The Hall–Kier alpha value is -1.91. The van der Waals surface area contributed by atoms with E-state index in [1.165, 1.54) is 19.3 Å². The maximum atomic E-state index is 5.31. The molecule has 0 bridgehead atoms. The van der Waals surface area contributed by atoms with Crippen molar-refractivity contribution in [3.63, 3.8) is 0 Å². The number of nitrogens with zero attached hydrogens (tertiary/aromatic N) is 1. The lowest BCUT2D eigenvalue weighted by molar-refractivity contribution is 0.355. The first-order valence-electron chi connectivity index (χ1n) is 7.44. The molecular formula is C16H25N3O2. The number of anilines is 1. The minimum absolute atomic E-state index is 0.552. The Balaban J connectivity index is 1.96. The van der Waals surface area contributed by atoms with E-state index >= 15 is 0 Å². The minimum atomic E-state index is 0.552. The first-order chi connectivity index (χ1) is 10.2. The monoisotopic (exact) mass is 291 g/mol. The topological polar surface area (TPSA) is 54.9 Å². The van der Waals surface area contributed by atoms with Gasteiger partial charge in [0.1, 0.15) is 0 Å². The van der Waals surface area contributed by atoms with Crippen molar-refractivity contribution >= 4 is 11.6 Å². The molecule has 0 radical (unpaired) electrons. The Kier molecular flexibility index (Phi) is 5.31. The third kappa shape index (κ3) is 4.03. The number of guanidine groups is 1. The van der Waals surface area contributed by atoms with Gasteiger partial charge < -0.3 is 20.1 Å². The third-order valence-corrected chi connectivity index (χ3v) is 3.77. The fourth-order valence-electron chi connectivity index (χ4n) is 2.50. The fourth-order valence-corrected chi connectivity index (χ4v) is 2.50. The molecule has 21 heavy (non-hydrogen) atoms. The van der Waals surface area contributed by atoms with Gasteiger partial charge in [-0.05, 0) is 30.9 Å². The highest BCUT2D eigenvalue weighted by Crippen LogP contribution is 2.34. The zero-order valence-electron chi connectivity index (χ0n) is 13.3. The molecule has 0 amide bonds. The van der Waals surface area contributed by atoms with E-state index in [0.29, 0.717) is 11.8 Å². The number of ether oxygens (including phenoxy) is 2. The molecule has 1 aromatic rings. The van der Waals surface area contributed by atoms with Crippen LogP contribution in [-0.2, 0) is 0 Å². The van der Waals surface area contributed by atoms with Gasteiger partial charge in [0.15, 0.2) is 17.5 Å². The molecule has 116 valence electrons. The average molecular weight is 291 g/mol. The predicted octanol–water partition coefficient (Wildman–Crippen LogP) is 2.88. The van der Waals surface area contributed by atoms with Gasteiger partial charge in [-0.2, -0.15) is 0 Å². The summed E-state index contributed by atoms with van der Waals surface area (Å²) in [5.74, 6) is 3.01. The second-order valence-electron chi connectivity index (χ2n) is 5.30. The van der Waals surface area contributed by atoms with Crippen LogP contribution in [0.1, 0.15) is 26.2 Å². The van der Waals surface area contributed by atoms with Crippen LogP contribution in [0.25, 0.3) is 0 Å². The number of benzene rings is 1. The molecule has 2 atom stereocenters. The van der Waals surface area contributed by atoms with Crippen LogP contribution in [0.2, 0.25) is 0 Å². The molecule has 0 aliphatic heterocycles. The van der Waals surface area contributed by atoms with E-state index in [9.17, 15) is 0 Å². The Morgan fingerprint density at radius 2 is 2.05 bits per heavy atom. The lowest BCUT2D eigenvalue weighted by Gasteiger charge is -2.14. The summed E-state index contributed by atoms with van der Waals surface area (Å²) in [5, 5.41) is 6.75. The summed E-state index contributed by atoms with van der Waals surface area (Å²) in [5.41, 5.74) is 0.924. The van der Waals surface area contributed by atoms with Gasteiger partial charge in [-0.3, -0.25) is 4.99 Å². The number of hydrogen-bond acceptors (Lipinski definition) is 3. The second kappa shape index (κ2) is 7.20. The van der Waals surface area contributed by atoms with Crippen molar-refractivity contribution in [1.29, 1.82) is 0 Å². The van der Waals surface area contributed by atoms with Crippen molar-refractivity contribution in [2.24, 2.45) is 10.9 Å². The molecule has 1 aromatic carbocycles. The Morgan fingerprint density at radius 1 is 1.29 bits per heavy atom. The van der Waals surface area contributed by atoms with E-state index in [2.05, 4.69) is 22.5 Å². The zero-order chi connectivity index (χ0) is 15.2. The molecule has 1 aliphatic carbocycles. The first kappa shape index (κ1) is 15.5. The van der Waals surface area contributed by atoms with E-state index in [1.54, 1.807) is 21.3 Å². The smallest absolute Gasteiger partial charge is 0.195 e. The van der Waals surface area contributed by atoms with Crippen LogP contribution in [-0.4, -0.2) is 33.3 Å². The average Bonchev–Trinajstić information content (AvgIpc) is 3.24. The molecule has 5 heteroatoms. The Morgan fingerprint density at radius 3 is 2.67 bits per heavy atom. The van der Waals surface area contributed by atoms with Crippen LogP contribution < -0.4 is 20.1 Å². The van der Waals surface area contributed by atoms with Crippen molar-refractivity contribution in [2.45, 2.75) is 32.2 Å². The van der Waals surface area contributed by atoms with Crippen LogP contribution >= 0.6 is 0 Å². The molecule has 5 nitrogen and oxygen atoms in total. The van der Waals surface area contributed by atoms with Crippen LogP contribution in [0.3, 0.4) is 0 Å². The SMILES string of the molecule is CCCC1CC1NC(=NC)Nc1ccc(OC)c(OC)c1. The highest BCUT2D eigenvalue weighted by atomic mass is 16.5. The number of hydrogen-bond donors (Lipinski definition) is 2. The summed E-state index contributed by atoms with van der Waals surface area (Å²) in [4.78, 5) is 4.28. The van der Waals surface area contributed by atoms with Crippen LogP contribution in [0.5, 0.6) is 11.5 Å². The first-order valence-corrected chi connectivity index (χ1v) is 7.44.